The predicted octanol–water partition coefficient (Wildman–Crippen LogP) is 2.27. The van der Waals surface area contributed by atoms with Crippen molar-refractivity contribution < 1.29 is 4.74 Å². The second-order valence-electron chi connectivity index (χ2n) is 6.34. The summed E-state index contributed by atoms with van der Waals surface area (Å²) in [5.41, 5.74) is 0.343. The number of hydrogen-bond acceptors (Lipinski definition) is 3. The SMILES string of the molecule is CCCOCCN1CC(C)(C2CC2)NCCC1C. The summed E-state index contributed by atoms with van der Waals surface area (Å²) in [5.74, 6) is 0.905. The second kappa shape index (κ2) is 6.36. The van der Waals surface area contributed by atoms with Crippen molar-refractivity contribution in [3.63, 3.8) is 0 Å². The molecular weight excluding hydrogens is 224 g/mol. The van der Waals surface area contributed by atoms with Gasteiger partial charge in [-0.3, -0.25) is 4.90 Å². The monoisotopic (exact) mass is 254 g/mol. The minimum atomic E-state index is 0.343. The molecule has 1 heterocycles. The molecule has 0 radical (unpaired) electrons. The van der Waals surface area contributed by atoms with Gasteiger partial charge in [-0.15, -0.1) is 0 Å². The standard InChI is InChI=1S/C15H30N2O/c1-4-10-18-11-9-17-12-15(3,14-5-6-14)16-8-7-13(17)2/h13-14,16H,4-12H2,1-3H3. The van der Waals surface area contributed by atoms with E-state index in [2.05, 4.69) is 31.0 Å². The van der Waals surface area contributed by atoms with E-state index in [1.54, 1.807) is 0 Å². The molecule has 1 saturated heterocycles. The van der Waals surface area contributed by atoms with Gasteiger partial charge in [0, 0.05) is 31.3 Å². The van der Waals surface area contributed by atoms with E-state index in [4.69, 9.17) is 4.74 Å². The summed E-state index contributed by atoms with van der Waals surface area (Å²) in [5, 5.41) is 3.80. The summed E-state index contributed by atoms with van der Waals surface area (Å²) in [6, 6.07) is 0.684. The summed E-state index contributed by atoms with van der Waals surface area (Å²) in [6.45, 7) is 12.2. The van der Waals surface area contributed by atoms with Gasteiger partial charge >= 0.3 is 0 Å². The third kappa shape index (κ3) is 3.69. The van der Waals surface area contributed by atoms with Gasteiger partial charge in [-0.1, -0.05) is 6.92 Å². The molecule has 3 heteroatoms. The van der Waals surface area contributed by atoms with Crippen LogP contribution in [0, 0.1) is 5.92 Å². The van der Waals surface area contributed by atoms with Crippen LogP contribution in [0.1, 0.15) is 46.5 Å². The molecule has 1 saturated carbocycles. The molecule has 2 fully saturated rings. The third-order valence-corrected chi connectivity index (χ3v) is 4.60. The third-order valence-electron chi connectivity index (χ3n) is 4.60. The van der Waals surface area contributed by atoms with E-state index in [0.717, 1.165) is 32.1 Å². The van der Waals surface area contributed by atoms with E-state index in [9.17, 15) is 0 Å². The van der Waals surface area contributed by atoms with Crippen LogP contribution in [0.3, 0.4) is 0 Å². The van der Waals surface area contributed by atoms with Crippen LogP contribution >= 0.6 is 0 Å². The van der Waals surface area contributed by atoms with Crippen molar-refractivity contribution in [3.8, 4) is 0 Å². The van der Waals surface area contributed by atoms with E-state index >= 15 is 0 Å². The highest BCUT2D eigenvalue weighted by Gasteiger charge is 2.43. The minimum Gasteiger partial charge on any atom is -0.380 e. The summed E-state index contributed by atoms with van der Waals surface area (Å²) < 4.78 is 5.66. The normalized spacial score (nSPS) is 34.5. The van der Waals surface area contributed by atoms with Crippen LogP contribution in [0.25, 0.3) is 0 Å². The first-order chi connectivity index (χ1) is 8.65. The van der Waals surface area contributed by atoms with E-state index in [-0.39, 0.29) is 0 Å². The Bertz CT molecular complexity index is 255. The molecule has 0 aromatic heterocycles. The number of nitrogens with zero attached hydrogens (tertiary/aromatic N) is 1. The molecule has 0 amide bonds. The first kappa shape index (κ1) is 14.3. The van der Waals surface area contributed by atoms with Crippen LogP contribution in [0.4, 0.5) is 0 Å². The second-order valence-corrected chi connectivity index (χ2v) is 6.34. The van der Waals surface area contributed by atoms with Gasteiger partial charge in [-0.05, 0) is 52.0 Å². The molecule has 2 unspecified atom stereocenters. The van der Waals surface area contributed by atoms with Crippen LogP contribution < -0.4 is 5.32 Å². The van der Waals surface area contributed by atoms with Gasteiger partial charge in [0.1, 0.15) is 0 Å². The zero-order chi connectivity index (χ0) is 13.0. The van der Waals surface area contributed by atoms with Crippen LogP contribution in [-0.2, 0) is 4.74 Å². The van der Waals surface area contributed by atoms with Gasteiger partial charge < -0.3 is 10.1 Å². The Kier molecular flexibility index (Phi) is 5.05. The molecule has 2 atom stereocenters. The summed E-state index contributed by atoms with van der Waals surface area (Å²) in [4.78, 5) is 2.63. The first-order valence-corrected chi connectivity index (χ1v) is 7.72. The topological polar surface area (TPSA) is 24.5 Å². The fourth-order valence-electron chi connectivity index (χ4n) is 3.10. The fraction of sp³-hybridized carbons (Fsp3) is 1.00. The van der Waals surface area contributed by atoms with Gasteiger partial charge in [0.15, 0.2) is 0 Å². The zero-order valence-corrected chi connectivity index (χ0v) is 12.4. The van der Waals surface area contributed by atoms with E-state index in [1.807, 2.05) is 0 Å². The largest absolute Gasteiger partial charge is 0.380 e. The Balaban J connectivity index is 1.84. The molecule has 0 aromatic rings. The number of rotatable bonds is 6. The van der Waals surface area contributed by atoms with Gasteiger partial charge in [0.05, 0.1) is 6.61 Å². The van der Waals surface area contributed by atoms with Crippen molar-refractivity contribution in [2.45, 2.75) is 58.0 Å². The lowest BCUT2D eigenvalue weighted by atomic mass is 9.95. The summed E-state index contributed by atoms with van der Waals surface area (Å²) in [6.07, 6.45) is 5.21. The van der Waals surface area contributed by atoms with E-state index < -0.39 is 0 Å². The van der Waals surface area contributed by atoms with Crippen molar-refractivity contribution >= 4 is 0 Å². The Labute approximate surface area is 112 Å². The lowest BCUT2D eigenvalue weighted by Crippen LogP contribution is -2.52. The Hall–Kier alpha value is -0.120. The van der Waals surface area contributed by atoms with Crippen molar-refractivity contribution in [1.82, 2.24) is 10.2 Å². The Morgan fingerprint density at radius 1 is 1.28 bits per heavy atom. The maximum atomic E-state index is 5.66. The van der Waals surface area contributed by atoms with Crippen molar-refractivity contribution in [1.29, 1.82) is 0 Å². The van der Waals surface area contributed by atoms with Crippen LogP contribution in [0.5, 0.6) is 0 Å². The average Bonchev–Trinajstić information content (AvgIpc) is 3.16. The van der Waals surface area contributed by atoms with Crippen LogP contribution in [0.2, 0.25) is 0 Å². The molecule has 18 heavy (non-hydrogen) atoms. The Morgan fingerprint density at radius 2 is 2.06 bits per heavy atom. The van der Waals surface area contributed by atoms with E-state index in [0.29, 0.717) is 11.6 Å². The van der Waals surface area contributed by atoms with Crippen molar-refractivity contribution in [2.24, 2.45) is 5.92 Å². The smallest absolute Gasteiger partial charge is 0.0593 e. The first-order valence-electron chi connectivity index (χ1n) is 7.72. The lowest BCUT2D eigenvalue weighted by molar-refractivity contribution is 0.0795. The maximum Gasteiger partial charge on any atom is 0.0593 e. The van der Waals surface area contributed by atoms with Crippen LogP contribution in [-0.4, -0.2) is 49.3 Å². The highest BCUT2D eigenvalue weighted by Crippen LogP contribution is 2.40. The zero-order valence-electron chi connectivity index (χ0n) is 12.4. The molecule has 2 aliphatic rings. The van der Waals surface area contributed by atoms with Crippen molar-refractivity contribution in [3.05, 3.63) is 0 Å². The predicted molar refractivity (Wildman–Crippen MR) is 75.9 cm³/mol. The number of ether oxygens (including phenoxy) is 1. The quantitative estimate of drug-likeness (QED) is 0.736. The molecular formula is C15H30N2O. The van der Waals surface area contributed by atoms with Crippen molar-refractivity contribution in [2.75, 3.05) is 32.8 Å². The molecule has 1 N–H and O–H groups in total. The fourth-order valence-corrected chi connectivity index (χ4v) is 3.10. The number of nitrogens with one attached hydrogen (secondary N) is 1. The molecule has 0 spiro atoms. The molecule has 0 bridgehead atoms. The molecule has 1 aliphatic heterocycles. The molecule has 0 aromatic carbocycles. The maximum absolute atomic E-state index is 5.66. The Morgan fingerprint density at radius 3 is 2.72 bits per heavy atom. The van der Waals surface area contributed by atoms with Gasteiger partial charge in [-0.2, -0.15) is 0 Å². The number of hydrogen-bond donors (Lipinski definition) is 1. The molecule has 106 valence electrons. The van der Waals surface area contributed by atoms with E-state index in [1.165, 1.54) is 32.4 Å². The van der Waals surface area contributed by atoms with Gasteiger partial charge in [0.25, 0.3) is 0 Å². The van der Waals surface area contributed by atoms with Gasteiger partial charge in [-0.25, -0.2) is 0 Å². The molecule has 3 nitrogen and oxygen atoms in total. The molecule has 1 aliphatic carbocycles. The van der Waals surface area contributed by atoms with Crippen LogP contribution in [0.15, 0.2) is 0 Å². The molecule has 2 rings (SSSR count). The minimum absolute atomic E-state index is 0.343. The summed E-state index contributed by atoms with van der Waals surface area (Å²) in [7, 11) is 0. The highest BCUT2D eigenvalue weighted by molar-refractivity contribution is 5.01. The van der Waals surface area contributed by atoms with Gasteiger partial charge in [0.2, 0.25) is 0 Å². The lowest BCUT2D eigenvalue weighted by Gasteiger charge is -2.35. The highest BCUT2D eigenvalue weighted by atomic mass is 16.5. The average molecular weight is 254 g/mol. The summed E-state index contributed by atoms with van der Waals surface area (Å²) >= 11 is 0.